The molecule has 15 heavy (non-hydrogen) atoms. The molecule has 2 unspecified atom stereocenters. The van der Waals surface area contributed by atoms with E-state index in [2.05, 4.69) is 29.4 Å². The summed E-state index contributed by atoms with van der Waals surface area (Å²) < 4.78 is 0. The van der Waals surface area contributed by atoms with E-state index < -0.39 is 0 Å². The molecule has 0 bridgehead atoms. The van der Waals surface area contributed by atoms with E-state index in [1.54, 1.807) is 0 Å². The van der Waals surface area contributed by atoms with Crippen LogP contribution in [0.3, 0.4) is 0 Å². The Kier molecular flexibility index (Phi) is 3.73. The largest absolute Gasteiger partial charge is 0.313 e. The van der Waals surface area contributed by atoms with Crippen molar-refractivity contribution < 1.29 is 0 Å². The fraction of sp³-hybridized carbons (Fsp3) is 0.615. The first-order valence-corrected chi connectivity index (χ1v) is 6.06. The van der Waals surface area contributed by atoms with E-state index in [1.165, 1.54) is 37.9 Å². The van der Waals surface area contributed by atoms with Crippen molar-refractivity contribution in [3.63, 3.8) is 0 Å². The Morgan fingerprint density at radius 2 is 2.40 bits per heavy atom. The van der Waals surface area contributed by atoms with E-state index >= 15 is 0 Å². The summed E-state index contributed by atoms with van der Waals surface area (Å²) in [5.41, 5.74) is 1.25. The monoisotopic (exact) mass is 204 g/mol. The van der Waals surface area contributed by atoms with Crippen LogP contribution in [-0.4, -0.2) is 17.6 Å². The second kappa shape index (κ2) is 5.26. The van der Waals surface area contributed by atoms with Crippen molar-refractivity contribution in [2.45, 2.75) is 44.6 Å². The van der Waals surface area contributed by atoms with Crippen molar-refractivity contribution in [2.24, 2.45) is 0 Å². The average Bonchev–Trinajstić information content (AvgIpc) is 2.33. The van der Waals surface area contributed by atoms with Crippen LogP contribution >= 0.6 is 0 Å². The van der Waals surface area contributed by atoms with Crippen LogP contribution in [0.2, 0.25) is 0 Å². The van der Waals surface area contributed by atoms with Gasteiger partial charge in [0.25, 0.3) is 0 Å². The number of hydrogen-bond donors (Lipinski definition) is 1. The third-order valence-corrected chi connectivity index (χ3v) is 3.34. The molecule has 0 aliphatic carbocycles. The van der Waals surface area contributed by atoms with E-state index in [1.807, 2.05) is 12.3 Å². The molecule has 2 rings (SSSR count). The third-order valence-electron chi connectivity index (χ3n) is 3.34. The van der Waals surface area contributed by atoms with Crippen molar-refractivity contribution in [3.8, 4) is 0 Å². The summed E-state index contributed by atoms with van der Waals surface area (Å²) in [5, 5.41) is 3.63. The Hall–Kier alpha value is -0.890. The molecule has 0 aromatic carbocycles. The van der Waals surface area contributed by atoms with E-state index in [9.17, 15) is 0 Å². The first-order chi connectivity index (χ1) is 7.42. The van der Waals surface area contributed by atoms with Gasteiger partial charge >= 0.3 is 0 Å². The van der Waals surface area contributed by atoms with Gasteiger partial charge in [0.2, 0.25) is 0 Å². The molecule has 1 aromatic rings. The second-order valence-electron chi connectivity index (χ2n) is 4.33. The number of hydrogen-bond acceptors (Lipinski definition) is 2. The van der Waals surface area contributed by atoms with Crippen LogP contribution in [0.4, 0.5) is 0 Å². The summed E-state index contributed by atoms with van der Waals surface area (Å²) in [6.45, 7) is 3.43. The molecule has 1 fully saturated rings. The smallest absolute Gasteiger partial charge is 0.0449 e. The van der Waals surface area contributed by atoms with Gasteiger partial charge in [-0.15, -0.1) is 0 Å². The van der Waals surface area contributed by atoms with Gasteiger partial charge in [-0.05, 0) is 37.9 Å². The highest BCUT2D eigenvalue weighted by atomic mass is 14.9. The fourth-order valence-electron chi connectivity index (χ4n) is 2.52. The van der Waals surface area contributed by atoms with Crippen LogP contribution in [0.1, 0.15) is 44.2 Å². The number of piperidine rings is 1. The molecule has 0 saturated carbocycles. The maximum absolute atomic E-state index is 4.49. The molecule has 1 N–H and O–H groups in total. The van der Waals surface area contributed by atoms with Crippen LogP contribution in [0, 0.1) is 0 Å². The van der Waals surface area contributed by atoms with Crippen molar-refractivity contribution in [3.05, 3.63) is 30.1 Å². The highest BCUT2D eigenvalue weighted by Crippen LogP contribution is 2.26. The summed E-state index contributed by atoms with van der Waals surface area (Å²) in [7, 11) is 0. The van der Waals surface area contributed by atoms with Crippen LogP contribution in [-0.2, 0) is 0 Å². The molecular weight excluding hydrogens is 184 g/mol. The van der Waals surface area contributed by atoms with Gasteiger partial charge in [-0.25, -0.2) is 0 Å². The minimum Gasteiger partial charge on any atom is -0.313 e. The van der Waals surface area contributed by atoms with Gasteiger partial charge in [-0.2, -0.15) is 0 Å². The summed E-state index contributed by atoms with van der Waals surface area (Å²) in [5.74, 6) is 0.589. The third kappa shape index (κ3) is 2.57. The van der Waals surface area contributed by atoms with Crippen LogP contribution in [0.25, 0.3) is 0 Å². The number of nitrogens with one attached hydrogen (secondary N) is 1. The van der Waals surface area contributed by atoms with E-state index in [4.69, 9.17) is 0 Å². The lowest BCUT2D eigenvalue weighted by Gasteiger charge is -2.30. The molecule has 1 saturated heterocycles. The SMILES string of the molecule is CCC(c1ccccn1)C1CCCCN1. The summed E-state index contributed by atoms with van der Waals surface area (Å²) >= 11 is 0. The summed E-state index contributed by atoms with van der Waals surface area (Å²) in [4.78, 5) is 4.49. The molecule has 1 aliphatic heterocycles. The predicted molar refractivity (Wildman–Crippen MR) is 62.9 cm³/mol. The molecule has 0 amide bonds. The summed E-state index contributed by atoms with van der Waals surface area (Å²) in [6, 6.07) is 6.88. The Morgan fingerprint density at radius 3 is 3.00 bits per heavy atom. The molecule has 2 atom stereocenters. The van der Waals surface area contributed by atoms with Gasteiger partial charge in [0.15, 0.2) is 0 Å². The summed E-state index contributed by atoms with van der Waals surface area (Å²) in [6.07, 6.45) is 7.07. The number of nitrogens with zero attached hydrogens (tertiary/aromatic N) is 1. The quantitative estimate of drug-likeness (QED) is 0.819. The lowest BCUT2D eigenvalue weighted by atomic mass is 9.87. The number of pyridine rings is 1. The Balaban J connectivity index is 2.09. The standard InChI is InChI=1S/C13H20N2/c1-2-11(12-7-3-5-9-14-12)13-8-4-6-10-15-13/h3,5,7,9,11,13,15H,2,4,6,8,10H2,1H3. The van der Waals surface area contributed by atoms with E-state index in [0.29, 0.717) is 12.0 Å². The molecule has 2 heteroatoms. The zero-order valence-electron chi connectivity index (χ0n) is 9.45. The van der Waals surface area contributed by atoms with Gasteiger partial charge in [0.05, 0.1) is 0 Å². The number of aromatic nitrogens is 1. The average molecular weight is 204 g/mol. The van der Waals surface area contributed by atoms with Gasteiger partial charge in [0.1, 0.15) is 0 Å². The van der Waals surface area contributed by atoms with Crippen molar-refractivity contribution in [1.82, 2.24) is 10.3 Å². The lowest BCUT2D eigenvalue weighted by molar-refractivity contribution is 0.340. The number of rotatable bonds is 3. The van der Waals surface area contributed by atoms with Crippen LogP contribution in [0.15, 0.2) is 24.4 Å². The molecule has 1 aromatic heterocycles. The van der Waals surface area contributed by atoms with Crippen molar-refractivity contribution >= 4 is 0 Å². The maximum atomic E-state index is 4.49. The predicted octanol–water partition coefficient (Wildman–Crippen LogP) is 2.72. The Morgan fingerprint density at radius 1 is 1.47 bits per heavy atom. The van der Waals surface area contributed by atoms with Gasteiger partial charge in [0, 0.05) is 23.9 Å². The molecule has 1 aliphatic rings. The maximum Gasteiger partial charge on any atom is 0.0449 e. The molecule has 82 valence electrons. The van der Waals surface area contributed by atoms with Crippen LogP contribution in [0.5, 0.6) is 0 Å². The normalized spacial score (nSPS) is 23.7. The van der Waals surface area contributed by atoms with Gasteiger partial charge < -0.3 is 5.32 Å². The van der Waals surface area contributed by atoms with E-state index in [-0.39, 0.29) is 0 Å². The fourth-order valence-corrected chi connectivity index (χ4v) is 2.52. The zero-order chi connectivity index (χ0) is 10.5. The first kappa shape index (κ1) is 10.6. The first-order valence-electron chi connectivity index (χ1n) is 6.06. The molecule has 0 spiro atoms. The molecule has 2 nitrogen and oxygen atoms in total. The highest BCUT2D eigenvalue weighted by molar-refractivity contribution is 5.12. The molecule has 0 radical (unpaired) electrons. The highest BCUT2D eigenvalue weighted by Gasteiger charge is 2.23. The van der Waals surface area contributed by atoms with Crippen molar-refractivity contribution in [2.75, 3.05) is 6.54 Å². The topological polar surface area (TPSA) is 24.9 Å². The Labute approximate surface area is 92.1 Å². The molecule has 2 heterocycles. The zero-order valence-corrected chi connectivity index (χ0v) is 9.45. The lowest BCUT2D eigenvalue weighted by Crippen LogP contribution is -2.38. The second-order valence-corrected chi connectivity index (χ2v) is 4.33. The Bertz CT molecular complexity index is 278. The van der Waals surface area contributed by atoms with Gasteiger partial charge in [-0.3, -0.25) is 4.98 Å². The van der Waals surface area contributed by atoms with Crippen molar-refractivity contribution in [1.29, 1.82) is 0 Å². The minimum atomic E-state index is 0.589. The van der Waals surface area contributed by atoms with E-state index in [0.717, 1.165) is 0 Å². The van der Waals surface area contributed by atoms with Gasteiger partial charge in [-0.1, -0.05) is 19.4 Å². The minimum absolute atomic E-state index is 0.589. The molecular formula is C13H20N2. The van der Waals surface area contributed by atoms with Crippen LogP contribution < -0.4 is 5.32 Å².